The van der Waals surface area contributed by atoms with Gasteiger partial charge in [-0.1, -0.05) is 18.2 Å². The van der Waals surface area contributed by atoms with Gasteiger partial charge < -0.3 is 10.1 Å². The molecule has 0 bridgehead atoms. The summed E-state index contributed by atoms with van der Waals surface area (Å²) in [5.41, 5.74) is 0.855. The van der Waals surface area contributed by atoms with Crippen LogP contribution in [-0.2, 0) is 14.3 Å². The molecule has 0 unspecified atom stereocenters. The molecule has 1 aromatic carbocycles. The average molecular weight is 254 g/mol. The van der Waals surface area contributed by atoms with Crippen LogP contribution in [0.5, 0.6) is 0 Å². The number of rotatable bonds is 3. The van der Waals surface area contributed by atoms with Crippen molar-refractivity contribution in [3.63, 3.8) is 0 Å². The number of esters is 1. The molecule has 1 heterocycles. The summed E-state index contributed by atoms with van der Waals surface area (Å²) in [6, 6.07) is 10.8. The highest BCUT2D eigenvalue weighted by Crippen LogP contribution is 2.25. The monoisotopic (exact) mass is 254 g/mol. The van der Waals surface area contributed by atoms with Gasteiger partial charge in [0.05, 0.1) is 11.8 Å². The lowest BCUT2D eigenvalue weighted by molar-refractivity contribution is -0.132. The van der Waals surface area contributed by atoms with Gasteiger partial charge in [-0.3, -0.25) is 4.79 Å². The third-order valence-electron chi connectivity index (χ3n) is 2.45. The molecule has 0 radical (unpaired) electrons. The number of anilines is 1. The maximum atomic E-state index is 11.3. The van der Waals surface area contributed by atoms with Crippen LogP contribution < -0.4 is 5.32 Å². The van der Waals surface area contributed by atoms with Crippen molar-refractivity contribution in [2.45, 2.75) is 6.92 Å². The predicted octanol–water partition coefficient (Wildman–Crippen LogP) is 1.91. The molecular formula is C14H10N2O3. The van der Waals surface area contributed by atoms with Crippen LogP contribution in [0.1, 0.15) is 6.92 Å². The molecule has 5 heteroatoms. The number of nitriles is 1. The summed E-state index contributed by atoms with van der Waals surface area (Å²) in [5.74, 6) is -1.08. The molecule has 0 saturated heterocycles. The van der Waals surface area contributed by atoms with E-state index in [4.69, 9.17) is 10.00 Å². The van der Waals surface area contributed by atoms with Gasteiger partial charge in [0.2, 0.25) is 0 Å². The summed E-state index contributed by atoms with van der Waals surface area (Å²) in [7, 11) is 0. The van der Waals surface area contributed by atoms with Crippen LogP contribution in [0.4, 0.5) is 5.69 Å². The van der Waals surface area contributed by atoms with E-state index in [9.17, 15) is 9.59 Å². The molecule has 2 rings (SSSR count). The van der Waals surface area contributed by atoms with Crippen molar-refractivity contribution in [2.75, 3.05) is 5.32 Å². The van der Waals surface area contributed by atoms with Crippen molar-refractivity contribution in [3.05, 3.63) is 53.4 Å². The Hall–Kier alpha value is -2.87. The van der Waals surface area contributed by atoms with Crippen LogP contribution in [0, 0.1) is 11.3 Å². The summed E-state index contributed by atoms with van der Waals surface area (Å²) in [6.45, 7) is 1.25. The Labute approximate surface area is 109 Å². The summed E-state index contributed by atoms with van der Waals surface area (Å²) < 4.78 is 4.90. The minimum atomic E-state index is -0.609. The molecule has 0 saturated carbocycles. The zero-order chi connectivity index (χ0) is 13.8. The van der Waals surface area contributed by atoms with Crippen molar-refractivity contribution in [1.29, 1.82) is 5.26 Å². The van der Waals surface area contributed by atoms with E-state index in [0.29, 0.717) is 5.70 Å². The Morgan fingerprint density at radius 1 is 1.32 bits per heavy atom. The Morgan fingerprint density at radius 3 is 2.58 bits per heavy atom. The summed E-state index contributed by atoms with van der Waals surface area (Å²) in [4.78, 5) is 22.6. The molecule has 0 aliphatic carbocycles. The molecule has 0 spiro atoms. The first-order valence-corrected chi connectivity index (χ1v) is 5.53. The summed E-state index contributed by atoms with van der Waals surface area (Å²) in [5, 5.41) is 11.9. The molecule has 5 nitrogen and oxygen atoms in total. The molecule has 94 valence electrons. The molecule has 19 heavy (non-hydrogen) atoms. The fourth-order valence-electron chi connectivity index (χ4n) is 1.61. The second kappa shape index (κ2) is 5.19. The van der Waals surface area contributed by atoms with E-state index in [-0.39, 0.29) is 11.3 Å². The number of carbonyl (C=O) groups excluding carboxylic acids is 2. The number of Topliss-reactive ketones (excluding diaryl/α,β-unsaturated/α-hetero) is 1. The number of para-hydroxylation sites is 1. The lowest BCUT2D eigenvalue weighted by Crippen LogP contribution is -2.07. The minimum absolute atomic E-state index is 0.0242. The zero-order valence-electron chi connectivity index (χ0n) is 10.1. The Kier molecular flexibility index (Phi) is 3.44. The molecule has 1 aliphatic rings. The van der Waals surface area contributed by atoms with Crippen molar-refractivity contribution >= 4 is 17.4 Å². The summed E-state index contributed by atoms with van der Waals surface area (Å²) in [6.07, 6.45) is 1.21. The van der Waals surface area contributed by atoms with Gasteiger partial charge in [-0.2, -0.15) is 5.26 Å². The molecule has 0 amide bonds. The van der Waals surface area contributed by atoms with Gasteiger partial charge in [-0.25, -0.2) is 4.79 Å². The third kappa shape index (κ3) is 2.69. The van der Waals surface area contributed by atoms with E-state index in [0.717, 1.165) is 5.69 Å². The SMILES string of the molecule is CC(=O)/C(C#N)=C1\OC(=O)C=C1Nc1ccccc1. The number of hydrogen-bond acceptors (Lipinski definition) is 5. The van der Waals surface area contributed by atoms with Gasteiger partial charge in [-0.15, -0.1) is 0 Å². The summed E-state index contributed by atoms with van der Waals surface area (Å²) >= 11 is 0. The van der Waals surface area contributed by atoms with Crippen LogP contribution in [0.25, 0.3) is 0 Å². The number of nitrogens with zero attached hydrogens (tertiary/aromatic N) is 1. The molecule has 1 aliphatic heterocycles. The van der Waals surface area contributed by atoms with Crippen LogP contribution in [0.2, 0.25) is 0 Å². The first kappa shape index (κ1) is 12.6. The topological polar surface area (TPSA) is 79.2 Å². The maximum Gasteiger partial charge on any atom is 0.338 e. The number of nitrogens with one attached hydrogen (secondary N) is 1. The van der Waals surface area contributed by atoms with Crippen LogP contribution in [-0.4, -0.2) is 11.8 Å². The smallest absolute Gasteiger partial charge is 0.338 e. The number of ketones is 1. The largest absolute Gasteiger partial charge is 0.420 e. The Morgan fingerprint density at radius 2 is 2.00 bits per heavy atom. The molecular weight excluding hydrogens is 244 g/mol. The second-order valence-electron chi connectivity index (χ2n) is 3.84. The van der Waals surface area contributed by atoms with Gasteiger partial charge in [-0.05, 0) is 12.1 Å². The molecule has 1 N–H and O–H groups in total. The number of hydrogen-bond donors (Lipinski definition) is 1. The minimum Gasteiger partial charge on any atom is -0.420 e. The molecule has 0 atom stereocenters. The number of cyclic esters (lactones) is 1. The van der Waals surface area contributed by atoms with Gasteiger partial charge in [0.1, 0.15) is 11.6 Å². The lowest BCUT2D eigenvalue weighted by Gasteiger charge is -2.08. The average Bonchev–Trinajstić information content (AvgIpc) is 2.72. The van der Waals surface area contributed by atoms with Crippen LogP contribution >= 0.6 is 0 Å². The van der Waals surface area contributed by atoms with Crippen molar-refractivity contribution in [1.82, 2.24) is 0 Å². The van der Waals surface area contributed by atoms with E-state index < -0.39 is 11.8 Å². The highest BCUT2D eigenvalue weighted by atomic mass is 16.5. The third-order valence-corrected chi connectivity index (χ3v) is 2.45. The number of allylic oxidation sites excluding steroid dienone is 1. The van der Waals surface area contributed by atoms with Crippen molar-refractivity contribution in [2.24, 2.45) is 0 Å². The fourth-order valence-corrected chi connectivity index (χ4v) is 1.61. The van der Waals surface area contributed by atoms with Gasteiger partial charge in [0, 0.05) is 12.6 Å². The van der Waals surface area contributed by atoms with E-state index >= 15 is 0 Å². The second-order valence-corrected chi connectivity index (χ2v) is 3.84. The lowest BCUT2D eigenvalue weighted by atomic mass is 10.1. The zero-order valence-corrected chi connectivity index (χ0v) is 10.1. The van der Waals surface area contributed by atoms with Crippen LogP contribution in [0.15, 0.2) is 53.4 Å². The fraction of sp³-hybridized carbons (Fsp3) is 0.0714. The number of carbonyl (C=O) groups is 2. The molecule has 0 fully saturated rings. The van der Waals surface area contributed by atoms with Crippen LogP contribution in [0.3, 0.4) is 0 Å². The standard InChI is InChI=1S/C14H10N2O3/c1-9(17)11(8-15)14-12(7-13(18)19-14)16-10-5-3-2-4-6-10/h2-7,16H,1H3/b14-11-. The molecule has 1 aromatic rings. The van der Waals surface area contributed by atoms with E-state index in [1.807, 2.05) is 18.2 Å². The predicted molar refractivity (Wildman–Crippen MR) is 67.6 cm³/mol. The van der Waals surface area contributed by atoms with E-state index in [1.54, 1.807) is 18.2 Å². The maximum absolute atomic E-state index is 11.3. The van der Waals surface area contributed by atoms with E-state index in [1.165, 1.54) is 13.0 Å². The Balaban J connectivity index is 2.38. The first-order chi connectivity index (χ1) is 9.11. The first-order valence-electron chi connectivity index (χ1n) is 5.53. The highest BCUT2D eigenvalue weighted by molar-refractivity contribution is 6.01. The van der Waals surface area contributed by atoms with E-state index in [2.05, 4.69) is 5.32 Å². The van der Waals surface area contributed by atoms with Crippen molar-refractivity contribution in [3.8, 4) is 6.07 Å². The molecule has 0 aromatic heterocycles. The Bertz CT molecular complexity index is 636. The van der Waals surface area contributed by atoms with Gasteiger partial charge in [0.25, 0.3) is 0 Å². The highest BCUT2D eigenvalue weighted by Gasteiger charge is 2.26. The van der Waals surface area contributed by atoms with Crippen molar-refractivity contribution < 1.29 is 14.3 Å². The van der Waals surface area contributed by atoms with Gasteiger partial charge in [0.15, 0.2) is 11.5 Å². The quantitative estimate of drug-likeness (QED) is 0.506. The number of ether oxygens (including phenoxy) is 1. The van der Waals surface area contributed by atoms with Gasteiger partial charge >= 0.3 is 5.97 Å². The normalized spacial score (nSPS) is 16.2. The number of benzene rings is 1.